The first kappa shape index (κ1) is 12.1. The quantitative estimate of drug-likeness (QED) is 0.778. The molecule has 0 radical (unpaired) electrons. The van der Waals surface area contributed by atoms with Gasteiger partial charge >= 0.3 is 5.97 Å². The number of nitrogens with one attached hydrogen (secondary N) is 2. The van der Waals surface area contributed by atoms with Crippen molar-refractivity contribution < 1.29 is 14.7 Å². The standard InChI is InChI=1S/C10H7ClN4O3/c11-6-3-5(10(17)18)1-2-7(6)13-9(16)8-4-12-15-14-8/h1-4H,(H,13,16)(H,17,18)(H,12,14,15). The average molecular weight is 267 g/mol. The minimum absolute atomic E-state index is 0.0411. The van der Waals surface area contributed by atoms with E-state index in [0.717, 1.165) is 0 Å². The third-order valence-electron chi connectivity index (χ3n) is 2.11. The molecular weight excluding hydrogens is 260 g/mol. The Labute approximate surface area is 106 Å². The first-order chi connectivity index (χ1) is 8.58. The Balaban J connectivity index is 2.20. The SMILES string of the molecule is O=C(O)c1ccc(NC(=O)c2cn[nH]n2)c(Cl)c1. The summed E-state index contributed by atoms with van der Waals surface area (Å²) in [6.45, 7) is 0. The topological polar surface area (TPSA) is 108 Å². The molecule has 1 amide bonds. The Bertz CT molecular complexity index is 597. The van der Waals surface area contributed by atoms with Crippen LogP contribution in [0.1, 0.15) is 20.8 Å². The third-order valence-corrected chi connectivity index (χ3v) is 2.42. The Morgan fingerprint density at radius 1 is 1.39 bits per heavy atom. The van der Waals surface area contributed by atoms with E-state index in [1.807, 2.05) is 0 Å². The normalized spacial score (nSPS) is 10.1. The van der Waals surface area contributed by atoms with Crippen LogP contribution in [0.25, 0.3) is 0 Å². The molecule has 0 spiro atoms. The van der Waals surface area contributed by atoms with Gasteiger partial charge in [-0.3, -0.25) is 4.79 Å². The maximum absolute atomic E-state index is 11.6. The van der Waals surface area contributed by atoms with E-state index in [-0.39, 0.29) is 16.3 Å². The van der Waals surface area contributed by atoms with Crippen molar-refractivity contribution >= 4 is 29.2 Å². The van der Waals surface area contributed by atoms with Crippen molar-refractivity contribution in [3.63, 3.8) is 0 Å². The minimum Gasteiger partial charge on any atom is -0.478 e. The number of anilines is 1. The zero-order valence-electron chi connectivity index (χ0n) is 8.85. The number of nitrogens with zero attached hydrogens (tertiary/aromatic N) is 2. The van der Waals surface area contributed by atoms with Crippen LogP contribution >= 0.6 is 11.6 Å². The van der Waals surface area contributed by atoms with Crippen molar-refractivity contribution in [1.29, 1.82) is 0 Å². The Morgan fingerprint density at radius 2 is 2.17 bits per heavy atom. The Morgan fingerprint density at radius 3 is 2.72 bits per heavy atom. The molecule has 1 aromatic heterocycles. The summed E-state index contributed by atoms with van der Waals surface area (Å²) in [6, 6.07) is 4.00. The molecule has 0 unspecified atom stereocenters. The number of carbonyl (C=O) groups is 2. The molecule has 2 aromatic rings. The number of aromatic amines is 1. The molecule has 0 bridgehead atoms. The molecule has 0 aliphatic heterocycles. The molecule has 18 heavy (non-hydrogen) atoms. The summed E-state index contributed by atoms with van der Waals surface area (Å²) in [6.07, 6.45) is 1.26. The number of carboxylic acid groups (broad SMARTS) is 1. The molecule has 0 aliphatic rings. The second kappa shape index (κ2) is 4.84. The van der Waals surface area contributed by atoms with E-state index in [1.54, 1.807) is 0 Å². The molecule has 0 fully saturated rings. The van der Waals surface area contributed by atoms with Crippen molar-refractivity contribution in [3.05, 3.63) is 40.7 Å². The number of carboxylic acids is 1. The predicted octanol–water partition coefficient (Wildman–Crippen LogP) is 1.41. The van der Waals surface area contributed by atoms with Gasteiger partial charge in [-0.2, -0.15) is 15.4 Å². The molecule has 0 atom stereocenters. The maximum Gasteiger partial charge on any atom is 0.335 e. The molecule has 1 heterocycles. The van der Waals surface area contributed by atoms with Crippen molar-refractivity contribution in [3.8, 4) is 0 Å². The number of aromatic carboxylic acids is 1. The van der Waals surface area contributed by atoms with Crippen LogP contribution < -0.4 is 5.32 Å². The summed E-state index contributed by atoms with van der Waals surface area (Å²) in [5.74, 6) is -1.58. The fourth-order valence-electron chi connectivity index (χ4n) is 1.25. The molecule has 0 saturated carbocycles. The van der Waals surface area contributed by atoms with Crippen molar-refractivity contribution in [2.75, 3.05) is 5.32 Å². The van der Waals surface area contributed by atoms with Gasteiger partial charge in [0.15, 0.2) is 5.69 Å². The van der Waals surface area contributed by atoms with Crippen LogP contribution in [-0.2, 0) is 0 Å². The molecular formula is C10H7ClN4O3. The van der Waals surface area contributed by atoms with Gasteiger partial charge in [0.1, 0.15) is 0 Å². The van der Waals surface area contributed by atoms with E-state index in [1.165, 1.54) is 24.4 Å². The molecule has 0 aliphatic carbocycles. The first-order valence-electron chi connectivity index (χ1n) is 4.78. The minimum atomic E-state index is -1.09. The summed E-state index contributed by atoms with van der Waals surface area (Å²) >= 11 is 5.86. The highest BCUT2D eigenvalue weighted by molar-refractivity contribution is 6.34. The second-order valence-corrected chi connectivity index (χ2v) is 3.72. The van der Waals surface area contributed by atoms with E-state index in [0.29, 0.717) is 5.69 Å². The molecule has 0 saturated heterocycles. The van der Waals surface area contributed by atoms with Gasteiger partial charge in [-0.25, -0.2) is 4.79 Å². The summed E-state index contributed by atoms with van der Waals surface area (Å²) in [7, 11) is 0. The van der Waals surface area contributed by atoms with E-state index in [2.05, 4.69) is 20.7 Å². The van der Waals surface area contributed by atoms with Crippen LogP contribution in [0.4, 0.5) is 5.69 Å². The van der Waals surface area contributed by atoms with Crippen LogP contribution in [0.3, 0.4) is 0 Å². The van der Waals surface area contributed by atoms with Gasteiger partial charge in [0.05, 0.1) is 22.5 Å². The van der Waals surface area contributed by atoms with Crippen molar-refractivity contribution in [2.45, 2.75) is 0 Å². The molecule has 92 valence electrons. The van der Waals surface area contributed by atoms with E-state index >= 15 is 0 Å². The predicted molar refractivity (Wildman–Crippen MR) is 62.7 cm³/mol. The molecule has 7 nitrogen and oxygen atoms in total. The highest BCUT2D eigenvalue weighted by Crippen LogP contribution is 2.23. The smallest absolute Gasteiger partial charge is 0.335 e. The number of hydrogen-bond donors (Lipinski definition) is 3. The fraction of sp³-hybridized carbons (Fsp3) is 0. The van der Waals surface area contributed by atoms with Crippen molar-refractivity contribution in [2.24, 2.45) is 0 Å². The van der Waals surface area contributed by atoms with E-state index in [4.69, 9.17) is 16.7 Å². The largest absolute Gasteiger partial charge is 0.478 e. The van der Waals surface area contributed by atoms with Gasteiger partial charge in [-0.15, -0.1) is 0 Å². The molecule has 8 heteroatoms. The zero-order chi connectivity index (χ0) is 13.1. The van der Waals surface area contributed by atoms with Crippen LogP contribution in [-0.4, -0.2) is 32.4 Å². The van der Waals surface area contributed by atoms with E-state index in [9.17, 15) is 9.59 Å². The first-order valence-corrected chi connectivity index (χ1v) is 5.15. The Hall–Kier alpha value is -2.41. The number of aromatic nitrogens is 3. The average Bonchev–Trinajstić information content (AvgIpc) is 2.85. The molecule has 3 N–H and O–H groups in total. The lowest BCUT2D eigenvalue weighted by atomic mass is 10.2. The van der Waals surface area contributed by atoms with Gasteiger partial charge in [0, 0.05) is 0 Å². The fourth-order valence-corrected chi connectivity index (χ4v) is 1.47. The van der Waals surface area contributed by atoms with Gasteiger partial charge in [0.25, 0.3) is 5.91 Å². The summed E-state index contributed by atoms with van der Waals surface area (Å²) in [5.41, 5.74) is 0.447. The lowest BCUT2D eigenvalue weighted by Crippen LogP contribution is -2.13. The van der Waals surface area contributed by atoms with Crippen LogP contribution in [0, 0.1) is 0 Å². The number of amides is 1. The highest BCUT2D eigenvalue weighted by atomic mass is 35.5. The second-order valence-electron chi connectivity index (χ2n) is 3.31. The van der Waals surface area contributed by atoms with Gasteiger partial charge in [-0.1, -0.05) is 11.6 Å². The van der Waals surface area contributed by atoms with Gasteiger partial charge in [0.2, 0.25) is 0 Å². The number of halogens is 1. The number of carbonyl (C=O) groups excluding carboxylic acids is 1. The third kappa shape index (κ3) is 2.46. The number of hydrogen-bond acceptors (Lipinski definition) is 4. The summed E-state index contributed by atoms with van der Waals surface area (Å²) in [5, 5.41) is 20.8. The summed E-state index contributed by atoms with van der Waals surface area (Å²) < 4.78 is 0. The van der Waals surface area contributed by atoms with Crippen molar-refractivity contribution in [1.82, 2.24) is 15.4 Å². The molecule has 2 rings (SSSR count). The number of H-pyrrole nitrogens is 1. The monoisotopic (exact) mass is 266 g/mol. The van der Waals surface area contributed by atoms with Gasteiger partial charge < -0.3 is 10.4 Å². The lowest BCUT2D eigenvalue weighted by Gasteiger charge is -2.06. The highest BCUT2D eigenvalue weighted by Gasteiger charge is 2.12. The van der Waals surface area contributed by atoms with Gasteiger partial charge in [-0.05, 0) is 18.2 Å². The van der Waals surface area contributed by atoms with Crippen LogP contribution in [0.5, 0.6) is 0 Å². The molecule has 1 aromatic carbocycles. The van der Waals surface area contributed by atoms with Crippen LogP contribution in [0.2, 0.25) is 5.02 Å². The van der Waals surface area contributed by atoms with E-state index < -0.39 is 11.9 Å². The maximum atomic E-state index is 11.6. The zero-order valence-corrected chi connectivity index (χ0v) is 9.60. The number of rotatable bonds is 3. The lowest BCUT2D eigenvalue weighted by molar-refractivity contribution is 0.0696. The van der Waals surface area contributed by atoms with Crippen LogP contribution in [0.15, 0.2) is 24.4 Å². The Kier molecular flexibility index (Phi) is 3.24. The summed E-state index contributed by atoms with van der Waals surface area (Å²) in [4.78, 5) is 22.3. The number of benzene rings is 1.